The van der Waals surface area contributed by atoms with Crippen LogP contribution in [0.1, 0.15) is 97.2 Å². The first-order valence-corrected chi connectivity index (χ1v) is 19.0. The van der Waals surface area contributed by atoms with Crippen LogP contribution in [0.2, 0.25) is 0 Å². The third-order valence-electron chi connectivity index (χ3n) is 9.53. The minimum absolute atomic E-state index is 0. The fourth-order valence-electron chi connectivity index (χ4n) is 6.32. The van der Waals surface area contributed by atoms with Gasteiger partial charge in [-0.05, 0) is 17.4 Å². The monoisotopic (exact) mass is 800 g/mol. The van der Waals surface area contributed by atoms with Gasteiger partial charge in [-0.2, -0.15) is 52.1 Å². The third kappa shape index (κ3) is 10.9. The molecule has 0 unspecified atom stereocenters. The van der Waals surface area contributed by atoms with E-state index >= 15 is 0 Å². The molecule has 0 N–H and O–H groups in total. The van der Waals surface area contributed by atoms with Crippen molar-refractivity contribution in [3.63, 3.8) is 0 Å². The van der Waals surface area contributed by atoms with Crippen LogP contribution in [0.3, 0.4) is 0 Å². The maximum Gasteiger partial charge on any atom is -1.00 e. The van der Waals surface area contributed by atoms with E-state index in [-0.39, 0.29) is 35.6 Å². The van der Waals surface area contributed by atoms with E-state index in [9.17, 15) is 0 Å². The van der Waals surface area contributed by atoms with Crippen LogP contribution in [0.4, 0.5) is 0 Å². The molecule has 0 fully saturated rings. The van der Waals surface area contributed by atoms with E-state index in [1.807, 2.05) is 0 Å². The van der Waals surface area contributed by atoms with Crippen LogP contribution in [0, 0.1) is 33.8 Å². The fraction of sp³-hybridized carbons (Fsp3) is 0.265. The van der Waals surface area contributed by atoms with Gasteiger partial charge in [-0.25, -0.2) is 6.07 Å². The molecular weight excluding hydrogens is 751 g/mol. The molecule has 0 aromatic heterocycles. The summed E-state index contributed by atoms with van der Waals surface area (Å²) in [5, 5.41) is 0. The van der Waals surface area contributed by atoms with Gasteiger partial charge in [0.25, 0.3) is 0 Å². The van der Waals surface area contributed by atoms with E-state index in [0.29, 0.717) is 0 Å². The average molecular weight is 803 g/mol. The molecule has 0 bridgehead atoms. The summed E-state index contributed by atoms with van der Waals surface area (Å²) in [7, 11) is 0. The first-order chi connectivity index (χ1) is 23.6. The topological polar surface area (TPSA) is 0 Å². The van der Waals surface area contributed by atoms with Gasteiger partial charge in [0.05, 0.1) is 0 Å². The van der Waals surface area contributed by atoms with Crippen molar-refractivity contribution < 1.29 is 49.0 Å². The summed E-state index contributed by atoms with van der Waals surface area (Å²) in [4.78, 5) is 0. The van der Waals surface area contributed by atoms with Crippen molar-refractivity contribution in [1.29, 1.82) is 0 Å². The molecule has 6 aromatic rings. The normalized spacial score (nSPS) is 11.4. The molecule has 0 nitrogen and oxygen atoms in total. The van der Waals surface area contributed by atoms with E-state index in [2.05, 4.69) is 197 Å². The summed E-state index contributed by atoms with van der Waals surface area (Å²) < 4.78 is 1.42. The van der Waals surface area contributed by atoms with Gasteiger partial charge in [-0.1, -0.05) is 126 Å². The predicted octanol–water partition coefficient (Wildman–Crippen LogP) is 6.77. The Hall–Kier alpha value is -3.22. The Kier molecular flexibility index (Phi) is 15.1. The van der Waals surface area contributed by atoms with Crippen molar-refractivity contribution in [2.24, 2.45) is 0 Å². The van der Waals surface area contributed by atoms with E-state index in [1.165, 1.54) is 105 Å². The predicted molar refractivity (Wildman–Crippen MR) is 213 cm³/mol. The van der Waals surface area contributed by atoms with Crippen molar-refractivity contribution in [1.82, 2.24) is 0 Å². The molecule has 0 heterocycles. The number of benzene rings is 5. The summed E-state index contributed by atoms with van der Waals surface area (Å²) in [6.07, 6.45) is 1.03. The van der Waals surface area contributed by atoms with Crippen LogP contribution in [0.25, 0.3) is 22.3 Å². The van der Waals surface area contributed by atoms with E-state index in [0.717, 1.165) is 6.42 Å². The van der Waals surface area contributed by atoms with Gasteiger partial charge in [0.1, 0.15) is 0 Å². The van der Waals surface area contributed by atoms with Gasteiger partial charge in [-0.15, -0.1) is 5.56 Å². The van der Waals surface area contributed by atoms with Gasteiger partial charge >= 0.3 is 112 Å². The second kappa shape index (κ2) is 18.2. The number of rotatable bonds is 3. The summed E-state index contributed by atoms with van der Waals surface area (Å²) in [5.41, 5.74) is 19.5. The van der Waals surface area contributed by atoms with E-state index in [1.54, 1.807) is 0 Å². The minimum atomic E-state index is 0. The van der Waals surface area contributed by atoms with E-state index in [4.69, 9.17) is 0 Å². The smallest absolute Gasteiger partial charge is 1.00 e. The molecule has 0 spiro atoms. The molecule has 268 valence electrons. The van der Waals surface area contributed by atoms with Gasteiger partial charge < -0.3 is 24.8 Å². The maximum atomic E-state index is 3.53. The number of halogens is 2. The molecule has 0 amide bonds. The standard InChI is InChI=1S/C21H25.C15H14.C13H13.2ClH.Zr/c1-20(2,3)16-9-7-14-11-15-8-10-17(21(4,5)6)13-19(15)18(14)12-16;1-12-3-7-14(8-4-12)11-15-9-5-13(2)6-10-15;1-10-8-11(2)13(9-10)12-6-4-3-5-7-12;;;/h7,9-10,12-13H,11H2,1-6H3;3-10H,1-2H3;3-9H,1-2H3;2*1H;/q-1;;-1;;;+2/p-2. The second-order valence-electron chi connectivity index (χ2n) is 15.9. The summed E-state index contributed by atoms with van der Waals surface area (Å²) in [6.45, 7) is 22.2. The molecule has 0 radical (unpaired) electrons. The Morgan fingerprint density at radius 2 is 1.12 bits per heavy atom. The summed E-state index contributed by atoms with van der Waals surface area (Å²) in [6, 6.07) is 47.6. The Morgan fingerprint density at radius 3 is 1.60 bits per heavy atom. The van der Waals surface area contributed by atoms with Gasteiger partial charge in [0, 0.05) is 0 Å². The molecule has 0 saturated heterocycles. The molecule has 7 rings (SSSR count). The molecule has 0 atom stereocenters. The molecule has 0 aliphatic heterocycles. The first-order valence-electron chi connectivity index (χ1n) is 17.8. The number of fused-ring (bicyclic) bond motifs is 3. The van der Waals surface area contributed by atoms with Crippen LogP contribution in [-0.4, -0.2) is 3.21 Å². The number of hydrogen-bond donors (Lipinski definition) is 0. The molecule has 1 aliphatic rings. The van der Waals surface area contributed by atoms with Crippen molar-refractivity contribution in [2.45, 2.75) is 86.5 Å². The molecule has 3 heteroatoms. The zero-order chi connectivity index (χ0) is 36.2. The second-order valence-corrected chi connectivity index (χ2v) is 17.2. The summed E-state index contributed by atoms with van der Waals surface area (Å²) >= 11 is 1.46. The van der Waals surface area contributed by atoms with Gasteiger partial charge in [0.15, 0.2) is 0 Å². The molecule has 0 saturated carbocycles. The average Bonchev–Trinajstić information content (AvgIpc) is 3.63. The Morgan fingerprint density at radius 1 is 0.596 bits per heavy atom. The van der Waals surface area contributed by atoms with Crippen LogP contribution in [0.5, 0.6) is 0 Å². The molecule has 1 aliphatic carbocycles. The van der Waals surface area contributed by atoms with Crippen LogP contribution in [0.15, 0.2) is 121 Å². The molecular formula is C49H52Cl2Zr-2. The summed E-state index contributed by atoms with van der Waals surface area (Å²) in [5.74, 6) is 0. The van der Waals surface area contributed by atoms with Crippen LogP contribution >= 0.6 is 0 Å². The van der Waals surface area contributed by atoms with Crippen LogP contribution in [-0.2, 0) is 41.5 Å². The Labute approximate surface area is 341 Å². The molecule has 52 heavy (non-hydrogen) atoms. The zero-order valence-electron chi connectivity index (χ0n) is 32.5. The van der Waals surface area contributed by atoms with Crippen molar-refractivity contribution in [3.05, 3.63) is 183 Å². The first kappa shape index (κ1) is 43.2. The van der Waals surface area contributed by atoms with Crippen LogP contribution < -0.4 is 24.8 Å². The van der Waals surface area contributed by atoms with Crippen molar-refractivity contribution >= 4 is 3.21 Å². The minimum Gasteiger partial charge on any atom is -1.00 e. The maximum absolute atomic E-state index is 3.53. The van der Waals surface area contributed by atoms with Gasteiger partial charge in [-0.3, -0.25) is 0 Å². The molecule has 6 aromatic carbocycles. The Balaban J connectivity index is 0.000000212. The SMILES string of the molecule is CC(C)(C)c1c[c-]c2c(c1)-c1cc(C(C)(C)C)ccc1C2.Cc1cc(-c2ccccc2)c(C)[cH-]1.Cc1ccc([C](=[Zr+2])c2ccc(C)cc2)cc1.[Cl-].[Cl-]. The Bertz CT molecular complexity index is 1960. The number of aryl methyl sites for hydroxylation is 4. The third-order valence-corrected chi connectivity index (χ3v) is 11.0. The fourth-order valence-corrected chi connectivity index (χ4v) is 7.14. The van der Waals surface area contributed by atoms with Crippen molar-refractivity contribution in [3.8, 4) is 22.3 Å². The van der Waals surface area contributed by atoms with Crippen molar-refractivity contribution in [2.75, 3.05) is 0 Å². The zero-order valence-corrected chi connectivity index (χ0v) is 36.5. The quantitative estimate of drug-likeness (QED) is 0.173. The largest absolute Gasteiger partial charge is 1.00 e. The number of hydrogen-bond acceptors (Lipinski definition) is 0. The van der Waals surface area contributed by atoms with E-state index < -0.39 is 0 Å². The van der Waals surface area contributed by atoms with Gasteiger partial charge in [0.2, 0.25) is 0 Å².